The van der Waals surface area contributed by atoms with E-state index in [0.29, 0.717) is 0 Å². The van der Waals surface area contributed by atoms with E-state index in [4.69, 9.17) is 0 Å². The van der Waals surface area contributed by atoms with Crippen molar-refractivity contribution in [2.75, 3.05) is 11.9 Å². The smallest absolute Gasteiger partial charge is 0.130 e. The highest BCUT2D eigenvalue weighted by atomic mass is 15.0. The standard InChI is InChI=1S/C15H19N3/c1-4-12-7-6-8-13(9-12)14-10-15(16-5-2)18-11(3)17-14/h6-10H,4-5H2,1-3H3,(H,16,17,18). The highest BCUT2D eigenvalue weighted by molar-refractivity contribution is 5.63. The molecule has 0 aliphatic carbocycles. The third-order valence-electron chi connectivity index (χ3n) is 2.83. The van der Waals surface area contributed by atoms with Crippen LogP contribution in [0, 0.1) is 6.92 Å². The number of hydrogen-bond acceptors (Lipinski definition) is 3. The van der Waals surface area contributed by atoms with E-state index in [0.717, 1.165) is 35.9 Å². The first-order valence-electron chi connectivity index (χ1n) is 6.41. The summed E-state index contributed by atoms with van der Waals surface area (Å²) >= 11 is 0. The van der Waals surface area contributed by atoms with Gasteiger partial charge in [-0.1, -0.05) is 25.1 Å². The second kappa shape index (κ2) is 5.63. The summed E-state index contributed by atoms with van der Waals surface area (Å²) in [5, 5.41) is 3.24. The number of nitrogens with zero attached hydrogens (tertiary/aromatic N) is 2. The zero-order valence-corrected chi connectivity index (χ0v) is 11.2. The SMILES string of the molecule is CCNc1cc(-c2cccc(CC)c2)nc(C)n1. The summed E-state index contributed by atoms with van der Waals surface area (Å²) in [6.45, 7) is 7.02. The molecule has 3 heteroatoms. The van der Waals surface area contributed by atoms with Crippen molar-refractivity contribution in [3.8, 4) is 11.3 Å². The largest absolute Gasteiger partial charge is 0.370 e. The molecule has 0 amide bonds. The molecule has 0 saturated carbocycles. The van der Waals surface area contributed by atoms with Crippen molar-refractivity contribution in [2.45, 2.75) is 27.2 Å². The van der Waals surface area contributed by atoms with Gasteiger partial charge >= 0.3 is 0 Å². The van der Waals surface area contributed by atoms with Crippen LogP contribution in [0.1, 0.15) is 25.2 Å². The van der Waals surface area contributed by atoms with Crippen LogP contribution in [0.3, 0.4) is 0 Å². The number of rotatable bonds is 4. The minimum atomic E-state index is 0.797. The summed E-state index contributed by atoms with van der Waals surface area (Å²) in [6, 6.07) is 10.5. The minimum absolute atomic E-state index is 0.797. The molecule has 0 spiro atoms. The van der Waals surface area contributed by atoms with Gasteiger partial charge in [0.05, 0.1) is 5.69 Å². The molecular formula is C15H19N3. The first-order chi connectivity index (χ1) is 8.72. The molecule has 3 nitrogen and oxygen atoms in total. The van der Waals surface area contributed by atoms with Gasteiger partial charge in [0.1, 0.15) is 11.6 Å². The van der Waals surface area contributed by atoms with Gasteiger partial charge in [0.2, 0.25) is 0 Å². The van der Waals surface area contributed by atoms with E-state index in [1.807, 2.05) is 13.0 Å². The Morgan fingerprint density at radius 3 is 2.67 bits per heavy atom. The van der Waals surface area contributed by atoms with Crippen LogP contribution in [0.5, 0.6) is 0 Å². The van der Waals surface area contributed by atoms with Gasteiger partial charge in [-0.2, -0.15) is 0 Å². The molecule has 1 N–H and O–H groups in total. The maximum atomic E-state index is 4.51. The highest BCUT2D eigenvalue weighted by Crippen LogP contribution is 2.21. The normalized spacial score (nSPS) is 10.4. The Bertz CT molecular complexity index is 535. The number of benzene rings is 1. The Morgan fingerprint density at radius 1 is 1.11 bits per heavy atom. The van der Waals surface area contributed by atoms with Gasteiger partial charge in [0.15, 0.2) is 0 Å². The molecule has 0 atom stereocenters. The van der Waals surface area contributed by atoms with Crippen LogP contribution in [-0.4, -0.2) is 16.5 Å². The van der Waals surface area contributed by atoms with Crippen molar-refractivity contribution < 1.29 is 0 Å². The lowest BCUT2D eigenvalue weighted by Crippen LogP contribution is -2.02. The average Bonchev–Trinajstić information content (AvgIpc) is 2.38. The second-order valence-electron chi connectivity index (χ2n) is 4.27. The van der Waals surface area contributed by atoms with Crippen LogP contribution in [-0.2, 0) is 6.42 Å². The van der Waals surface area contributed by atoms with Crippen molar-refractivity contribution in [3.63, 3.8) is 0 Å². The Morgan fingerprint density at radius 2 is 1.94 bits per heavy atom. The van der Waals surface area contributed by atoms with E-state index >= 15 is 0 Å². The predicted octanol–water partition coefficient (Wildman–Crippen LogP) is 3.45. The summed E-state index contributed by atoms with van der Waals surface area (Å²) in [4.78, 5) is 8.88. The summed E-state index contributed by atoms with van der Waals surface area (Å²) in [5.74, 6) is 1.69. The third-order valence-corrected chi connectivity index (χ3v) is 2.83. The van der Waals surface area contributed by atoms with Gasteiger partial charge in [-0.05, 0) is 31.9 Å². The lowest BCUT2D eigenvalue weighted by molar-refractivity contribution is 1.04. The van der Waals surface area contributed by atoms with E-state index in [2.05, 4.69) is 53.4 Å². The van der Waals surface area contributed by atoms with Crippen LogP contribution in [0.4, 0.5) is 5.82 Å². The predicted molar refractivity (Wildman–Crippen MR) is 75.7 cm³/mol. The van der Waals surface area contributed by atoms with Crippen molar-refractivity contribution >= 4 is 5.82 Å². The lowest BCUT2D eigenvalue weighted by Gasteiger charge is -2.08. The van der Waals surface area contributed by atoms with Gasteiger partial charge in [0, 0.05) is 18.2 Å². The molecule has 1 aromatic heterocycles. The number of aromatic nitrogens is 2. The quantitative estimate of drug-likeness (QED) is 0.891. The van der Waals surface area contributed by atoms with Crippen LogP contribution in [0.15, 0.2) is 30.3 Å². The van der Waals surface area contributed by atoms with Crippen LogP contribution < -0.4 is 5.32 Å². The zero-order chi connectivity index (χ0) is 13.0. The molecule has 1 aromatic carbocycles. The molecule has 0 aliphatic heterocycles. The molecule has 94 valence electrons. The summed E-state index contributed by atoms with van der Waals surface area (Å²) in [5.41, 5.74) is 3.46. The topological polar surface area (TPSA) is 37.8 Å². The molecule has 18 heavy (non-hydrogen) atoms. The number of nitrogens with one attached hydrogen (secondary N) is 1. The van der Waals surface area contributed by atoms with E-state index in [1.54, 1.807) is 0 Å². The Kier molecular flexibility index (Phi) is 3.92. The van der Waals surface area contributed by atoms with E-state index in [1.165, 1.54) is 5.56 Å². The van der Waals surface area contributed by atoms with Gasteiger partial charge in [-0.15, -0.1) is 0 Å². The molecule has 0 fully saturated rings. The van der Waals surface area contributed by atoms with Crippen LogP contribution in [0.25, 0.3) is 11.3 Å². The maximum Gasteiger partial charge on any atom is 0.130 e. The number of hydrogen-bond donors (Lipinski definition) is 1. The highest BCUT2D eigenvalue weighted by Gasteiger charge is 2.04. The first-order valence-corrected chi connectivity index (χ1v) is 6.41. The van der Waals surface area contributed by atoms with Crippen molar-refractivity contribution in [2.24, 2.45) is 0 Å². The van der Waals surface area contributed by atoms with Crippen molar-refractivity contribution in [1.29, 1.82) is 0 Å². The van der Waals surface area contributed by atoms with Crippen LogP contribution >= 0.6 is 0 Å². The van der Waals surface area contributed by atoms with Gasteiger partial charge < -0.3 is 5.32 Å². The minimum Gasteiger partial charge on any atom is -0.370 e. The first kappa shape index (κ1) is 12.6. The summed E-state index contributed by atoms with van der Waals surface area (Å²) in [7, 11) is 0. The Labute approximate surface area is 108 Å². The molecular weight excluding hydrogens is 222 g/mol. The Hall–Kier alpha value is -1.90. The molecule has 2 aromatic rings. The van der Waals surface area contributed by atoms with E-state index < -0.39 is 0 Å². The van der Waals surface area contributed by atoms with E-state index in [9.17, 15) is 0 Å². The van der Waals surface area contributed by atoms with Gasteiger partial charge in [0.25, 0.3) is 0 Å². The van der Waals surface area contributed by atoms with Crippen LogP contribution in [0.2, 0.25) is 0 Å². The molecule has 1 heterocycles. The van der Waals surface area contributed by atoms with E-state index in [-0.39, 0.29) is 0 Å². The lowest BCUT2D eigenvalue weighted by atomic mass is 10.1. The molecule has 0 aliphatic rings. The number of aryl methyl sites for hydroxylation is 2. The Balaban J connectivity index is 2.42. The summed E-state index contributed by atoms with van der Waals surface area (Å²) in [6.07, 6.45) is 1.04. The van der Waals surface area contributed by atoms with Gasteiger partial charge in [-0.3, -0.25) is 0 Å². The maximum absolute atomic E-state index is 4.51. The average molecular weight is 241 g/mol. The zero-order valence-electron chi connectivity index (χ0n) is 11.2. The molecule has 0 saturated heterocycles. The fourth-order valence-corrected chi connectivity index (χ4v) is 1.94. The second-order valence-corrected chi connectivity index (χ2v) is 4.27. The summed E-state index contributed by atoms with van der Waals surface area (Å²) < 4.78 is 0. The molecule has 2 rings (SSSR count). The molecule has 0 bridgehead atoms. The number of anilines is 1. The fourth-order valence-electron chi connectivity index (χ4n) is 1.94. The monoisotopic (exact) mass is 241 g/mol. The van der Waals surface area contributed by atoms with Crippen molar-refractivity contribution in [3.05, 3.63) is 41.7 Å². The fraction of sp³-hybridized carbons (Fsp3) is 0.333. The third kappa shape index (κ3) is 2.86. The van der Waals surface area contributed by atoms with Crippen molar-refractivity contribution in [1.82, 2.24) is 9.97 Å². The molecule has 0 unspecified atom stereocenters. The molecule has 0 radical (unpaired) electrons. The van der Waals surface area contributed by atoms with Gasteiger partial charge in [-0.25, -0.2) is 9.97 Å².